The number of para-hydroxylation sites is 2. The summed E-state index contributed by atoms with van der Waals surface area (Å²) >= 11 is 6.10. The van der Waals surface area contributed by atoms with Gasteiger partial charge in [0.2, 0.25) is 5.91 Å². The summed E-state index contributed by atoms with van der Waals surface area (Å²) in [5.41, 5.74) is 3.36. The fourth-order valence-electron chi connectivity index (χ4n) is 5.34. The highest BCUT2D eigenvalue weighted by atomic mass is 35.5. The van der Waals surface area contributed by atoms with Crippen LogP contribution in [0.2, 0.25) is 5.02 Å². The number of aromatic nitrogens is 2. The predicted octanol–water partition coefficient (Wildman–Crippen LogP) is 4.11. The molecule has 6 nitrogen and oxygen atoms in total. The van der Waals surface area contributed by atoms with E-state index in [0.29, 0.717) is 5.91 Å². The third-order valence-electron chi connectivity index (χ3n) is 7.34. The standard InChI is InChI=1S/C27H34ClN5O/c1-2-30-14-16-32(17-15-30)27(34)22-6-5-13-31(19-22)20-26-29-24-7-3-4-8-25(24)33(26)18-21-9-11-23(28)12-10-21/h3-4,7-12,22H,2,5-6,13-20H2,1H3/t22-/m0/s1. The molecule has 0 unspecified atom stereocenters. The van der Waals surface area contributed by atoms with Crippen LogP contribution in [0.25, 0.3) is 11.0 Å². The maximum atomic E-state index is 13.3. The minimum atomic E-state index is 0.0935. The second-order valence-electron chi connectivity index (χ2n) is 9.56. The van der Waals surface area contributed by atoms with Gasteiger partial charge in [-0.15, -0.1) is 0 Å². The molecule has 180 valence electrons. The average molecular weight is 480 g/mol. The fraction of sp³-hybridized carbons (Fsp3) is 0.481. The maximum absolute atomic E-state index is 13.3. The number of benzene rings is 2. The van der Waals surface area contributed by atoms with Crippen molar-refractivity contribution in [1.82, 2.24) is 24.3 Å². The van der Waals surface area contributed by atoms with Crippen LogP contribution in [-0.4, -0.2) is 76.0 Å². The molecular weight excluding hydrogens is 446 g/mol. The van der Waals surface area contributed by atoms with E-state index < -0.39 is 0 Å². The summed E-state index contributed by atoms with van der Waals surface area (Å²) in [6.07, 6.45) is 2.05. The fourth-order valence-corrected chi connectivity index (χ4v) is 5.46. The van der Waals surface area contributed by atoms with Gasteiger partial charge in [-0.3, -0.25) is 9.69 Å². The molecule has 0 N–H and O–H groups in total. The van der Waals surface area contributed by atoms with Crippen LogP contribution in [0.1, 0.15) is 31.2 Å². The second kappa shape index (κ2) is 10.5. The van der Waals surface area contributed by atoms with Crippen molar-refractivity contribution >= 4 is 28.5 Å². The molecule has 2 aliphatic heterocycles. The molecule has 1 amide bonds. The summed E-state index contributed by atoms with van der Waals surface area (Å²) in [5, 5.41) is 0.750. The number of likely N-dealkylation sites (N-methyl/N-ethyl adjacent to an activating group) is 1. The summed E-state index contributed by atoms with van der Waals surface area (Å²) in [6.45, 7) is 10.3. The van der Waals surface area contributed by atoms with E-state index in [0.717, 1.165) is 93.6 Å². The summed E-state index contributed by atoms with van der Waals surface area (Å²) in [4.78, 5) is 25.2. The van der Waals surface area contributed by atoms with E-state index >= 15 is 0 Å². The van der Waals surface area contributed by atoms with Gasteiger partial charge in [-0.1, -0.05) is 42.8 Å². The Morgan fingerprint density at radius 1 is 0.971 bits per heavy atom. The molecule has 1 atom stereocenters. The number of fused-ring (bicyclic) bond motifs is 1. The number of imidazole rings is 1. The van der Waals surface area contributed by atoms with Crippen LogP contribution < -0.4 is 0 Å². The number of likely N-dealkylation sites (tertiary alicyclic amines) is 1. The Bertz CT molecular complexity index is 1120. The minimum absolute atomic E-state index is 0.0935. The molecule has 5 rings (SSSR count). The zero-order valence-electron chi connectivity index (χ0n) is 20.0. The molecular formula is C27H34ClN5O. The Morgan fingerprint density at radius 2 is 1.74 bits per heavy atom. The van der Waals surface area contributed by atoms with E-state index in [1.54, 1.807) is 0 Å². The first kappa shape index (κ1) is 23.3. The Balaban J connectivity index is 1.30. The van der Waals surface area contributed by atoms with Gasteiger partial charge in [0.1, 0.15) is 5.82 Å². The number of hydrogen-bond donors (Lipinski definition) is 0. The minimum Gasteiger partial charge on any atom is -0.340 e. The summed E-state index contributed by atoms with van der Waals surface area (Å²) < 4.78 is 2.31. The summed E-state index contributed by atoms with van der Waals surface area (Å²) in [7, 11) is 0. The number of piperidine rings is 1. The van der Waals surface area contributed by atoms with E-state index in [1.807, 2.05) is 18.2 Å². The number of piperazine rings is 1. The molecule has 3 heterocycles. The lowest BCUT2D eigenvalue weighted by Crippen LogP contribution is -2.52. The number of amides is 1. The van der Waals surface area contributed by atoms with Crippen molar-refractivity contribution in [2.24, 2.45) is 5.92 Å². The predicted molar refractivity (Wildman–Crippen MR) is 137 cm³/mol. The Kier molecular flexibility index (Phi) is 7.18. The SMILES string of the molecule is CCN1CCN(C(=O)[C@H]2CCCN(Cc3nc4ccccc4n3Cc3ccc(Cl)cc3)C2)CC1. The monoisotopic (exact) mass is 479 g/mol. The van der Waals surface area contributed by atoms with Gasteiger partial charge in [0.05, 0.1) is 23.5 Å². The van der Waals surface area contributed by atoms with Crippen LogP contribution in [0, 0.1) is 5.92 Å². The number of carbonyl (C=O) groups excluding carboxylic acids is 1. The van der Waals surface area contributed by atoms with Crippen LogP contribution in [0.3, 0.4) is 0 Å². The van der Waals surface area contributed by atoms with Crippen LogP contribution >= 0.6 is 11.6 Å². The number of nitrogens with zero attached hydrogens (tertiary/aromatic N) is 5. The molecule has 2 aliphatic rings. The smallest absolute Gasteiger partial charge is 0.227 e. The Morgan fingerprint density at radius 3 is 2.50 bits per heavy atom. The molecule has 34 heavy (non-hydrogen) atoms. The number of halogens is 1. The molecule has 0 saturated carbocycles. The van der Waals surface area contributed by atoms with Crippen LogP contribution in [0.4, 0.5) is 0 Å². The van der Waals surface area contributed by atoms with Gasteiger partial charge < -0.3 is 14.4 Å². The summed E-state index contributed by atoms with van der Waals surface area (Å²) in [5.74, 6) is 1.49. The third kappa shape index (κ3) is 5.14. The maximum Gasteiger partial charge on any atom is 0.227 e. The highest BCUT2D eigenvalue weighted by Crippen LogP contribution is 2.24. The lowest BCUT2D eigenvalue weighted by molar-refractivity contribution is -0.139. The first-order valence-electron chi connectivity index (χ1n) is 12.5. The van der Waals surface area contributed by atoms with Crippen molar-refractivity contribution in [3.63, 3.8) is 0 Å². The topological polar surface area (TPSA) is 44.6 Å². The molecule has 2 aromatic carbocycles. The molecule has 1 aromatic heterocycles. The van der Waals surface area contributed by atoms with Gasteiger partial charge in [0, 0.05) is 44.3 Å². The van der Waals surface area contributed by atoms with Gasteiger partial charge in [-0.2, -0.15) is 0 Å². The zero-order valence-corrected chi connectivity index (χ0v) is 20.8. The third-order valence-corrected chi connectivity index (χ3v) is 7.59. The van der Waals surface area contributed by atoms with E-state index in [-0.39, 0.29) is 5.92 Å². The first-order valence-corrected chi connectivity index (χ1v) is 12.9. The van der Waals surface area contributed by atoms with Crippen molar-refractivity contribution in [2.75, 3.05) is 45.8 Å². The van der Waals surface area contributed by atoms with Crippen molar-refractivity contribution in [1.29, 1.82) is 0 Å². The van der Waals surface area contributed by atoms with Gasteiger partial charge >= 0.3 is 0 Å². The lowest BCUT2D eigenvalue weighted by atomic mass is 9.96. The molecule has 3 aromatic rings. The van der Waals surface area contributed by atoms with Crippen LogP contribution in [0.15, 0.2) is 48.5 Å². The van der Waals surface area contributed by atoms with Crippen LogP contribution in [-0.2, 0) is 17.9 Å². The van der Waals surface area contributed by atoms with E-state index in [1.165, 1.54) is 5.56 Å². The number of carbonyl (C=O) groups is 1. The average Bonchev–Trinajstić information content (AvgIpc) is 3.22. The van der Waals surface area contributed by atoms with Crippen molar-refractivity contribution in [3.8, 4) is 0 Å². The van der Waals surface area contributed by atoms with Gasteiger partial charge in [0.25, 0.3) is 0 Å². The number of hydrogen-bond acceptors (Lipinski definition) is 4. The second-order valence-corrected chi connectivity index (χ2v) is 10.00. The zero-order chi connectivity index (χ0) is 23.5. The highest BCUT2D eigenvalue weighted by Gasteiger charge is 2.31. The van der Waals surface area contributed by atoms with Crippen molar-refractivity contribution in [3.05, 3.63) is 64.9 Å². The van der Waals surface area contributed by atoms with E-state index in [9.17, 15) is 4.79 Å². The molecule has 0 spiro atoms. The van der Waals surface area contributed by atoms with E-state index in [2.05, 4.69) is 56.5 Å². The largest absolute Gasteiger partial charge is 0.340 e. The lowest BCUT2D eigenvalue weighted by Gasteiger charge is -2.38. The summed E-state index contributed by atoms with van der Waals surface area (Å²) in [6, 6.07) is 16.4. The highest BCUT2D eigenvalue weighted by molar-refractivity contribution is 6.30. The van der Waals surface area contributed by atoms with E-state index in [4.69, 9.17) is 16.6 Å². The molecule has 0 radical (unpaired) electrons. The molecule has 7 heteroatoms. The van der Waals surface area contributed by atoms with Gasteiger partial charge in [-0.05, 0) is 55.8 Å². The Labute approximate surface area is 207 Å². The Hall–Kier alpha value is -2.41. The van der Waals surface area contributed by atoms with Gasteiger partial charge in [0.15, 0.2) is 0 Å². The molecule has 2 saturated heterocycles. The van der Waals surface area contributed by atoms with Crippen molar-refractivity contribution in [2.45, 2.75) is 32.9 Å². The van der Waals surface area contributed by atoms with Crippen molar-refractivity contribution < 1.29 is 4.79 Å². The first-order chi connectivity index (χ1) is 16.6. The molecule has 2 fully saturated rings. The van der Waals surface area contributed by atoms with Crippen LogP contribution in [0.5, 0.6) is 0 Å². The van der Waals surface area contributed by atoms with Gasteiger partial charge in [-0.25, -0.2) is 4.98 Å². The molecule has 0 aliphatic carbocycles. The normalized spacial score (nSPS) is 20.2. The molecule has 0 bridgehead atoms. The quantitative estimate of drug-likeness (QED) is 0.533. The number of rotatable bonds is 6.